The smallest absolute Gasteiger partial charge is 0.0623 e. The summed E-state index contributed by atoms with van der Waals surface area (Å²) < 4.78 is 0. The van der Waals surface area contributed by atoms with Gasteiger partial charge in [-0.25, -0.2) is 0 Å². The van der Waals surface area contributed by atoms with Crippen LogP contribution in [0.4, 0.5) is 0 Å². The van der Waals surface area contributed by atoms with Crippen LogP contribution >= 0.6 is 0 Å². The molecule has 0 amide bonds. The molecular weight excluding hydrogens is 1310 g/mol. The minimum Gasteiger partial charge on any atom is -0.0623 e. The van der Waals surface area contributed by atoms with Gasteiger partial charge >= 0.3 is 0 Å². The fraction of sp³-hybridized carbons (Fsp3) is 0. The maximum Gasteiger partial charge on any atom is 0.179 e. The molecule has 0 bridgehead atoms. The molecule has 0 saturated carbocycles. The first-order valence-corrected chi connectivity index (χ1v) is 42.4. The Hall–Kier alpha value is -12.6. The van der Waals surface area contributed by atoms with Gasteiger partial charge in [0.2, 0.25) is 0 Å². The average Bonchev–Trinajstić information content (AvgIpc) is 0.730. The van der Waals surface area contributed by atoms with E-state index in [-0.39, 0.29) is 0 Å². The van der Waals surface area contributed by atoms with Crippen molar-refractivity contribution in [3.05, 3.63) is 473 Å². The molecule has 0 aromatic heterocycles. The zero-order valence-electron chi connectivity index (χ0n) is 58.5. The lowest BCUT2D eigenvalue weighted by Gasteiger charge is -2.38. The molecule has 0 aliphatic rings. The molecule has 17 aromatic carbocycles. The van der Waals surface area contributed by atoms with Crippen molar-refractivity contribution < 1.29 is 0 Å². The van der Waals surface area contributed by atoms with Crippen LogP contribution in [-0.2, 0) is 0 Å². The van der Waals surface area contributed by atoms with Crippen LogP contribution in [0.2, 0.25) is 0 Å². The van der Waals surface area contributed by atoms with Crippen LogP contribution in [0.15, 0.2) is 473 Å². The van der Waals surface area contributed by atoms with Gasteiger partial charge in [-0.05, 0) is 129 Å². The van der Waals surface area contributed by atoms with Gasteiger partial charge in [-0.2, -0.15) is 0 Å². The second-order valence-corrected chi connectivity index (χ2v) is 38.2. The molecule has 0 radical (unpaired) electrons. The Morgan fingerprint density at radius 3 is 0.276 bits per heavy atom. The highest BCUT2D eigenvalue weighted by molar-refractivity contribution is 7.22. The Labute approximate surface area is 621 Å². The number of hydrogen-bond acceptors (Lipinski definition) is 0. The summed E-state index contributed by atoms with van der Waals surface area (Å²) in [5.41, 5.74) is 14.6. The molecular formula is C102H78Si3. The van der Waals surface area contributed by atoms with Gasteiger partial charge < -0.3 is 0 Å². The molecule has 0 fully saturated rings. The highest BCUT2D eigenvalue weighted by Gasteiger charge is 2.46. The van der Waals surface area contributed by atoms with E-state index in [2.05, 4.69) is 473 Å². The van der Waals surface area contributed by atoms with Gasteiger partial charge in [-0.1, -0.05) is 473 Å². The predicted molar refractivity (Wildman–Crippen MR) is 456 cm³/mol. The molecule has 17 rings (SSSR count). The molecule has 0 unspecified atom stereocenters. The van der Waals surface area contributed by atoms with Gasteiger partial charge in [0.15, 0.2) is 24.2 Å². The molecule has 0 saturated heterocycles. The van der Waals surface area contributed by atoms with Crippen molar-refractivity contribution in [1.29, 1.82) is 0 Å². The monoisotopic (exact) mass is 1390 g/mol. The summed E-state index contributed by atoms with van der Waals surface area (Å²) in [6, 6.07) is 175. The van der Waals surface area contributed by atoms with Crippen LogP contribution in [0, 0.1) is 0 Å². The summed E-state index contributed by atoms with van der Waals surface area (Å²) >= 11 is 0. The maximum absolute atomic E-state index is 2.91. The van der Waals surface area contributed by atoms with E-state index in [0.717, 1.165) is 0 Å². The lowest BCUT2D eigenvalue weighted by Crippen LogP contribution is -2.77. The van der Waals surface area contributed by atoms with Gasteiger partial charge in [0.1, 0.15) is 0 Å². The average molecular weight is 1390 g/mol. The Bertz CT molecular complexity index is 4790. The Balaban J connectivity index is 0.000000175. The summed E-state index contributed by atoms with van der Waals surface area (Å²) in [7, 11) is -8.36. The summed E-state index contributed by atoms with van der Waals surface area (Å²) in [6.45, 7) is 0. The summed E-state index contributed by atoms with van der Waals surface area (Å²) in [4.78, 5) is 0. The molecule has 3 heteroatoms. The first kappa shape index (κ1) is 66.9. The molecule has 0 aliphatic heterocycles. The Morgan fingerprint density at radius 2 is 0.171 bits per heavy atom. The van der Waals surface area contributed by atoms with Crippen LogP contribution in [0.1, 0.15) is 0 Å². The summed E-state index contributed by atoms with van der Waals surface area (Å²) in [5.74, 6) is 0. The largest absolute Gasteiger partial charge is 0.179 e. The van der Waals surface area contributed by atoms with Gasteiger partial charge in [0.05, 0.1) is 0 Å². The normalized spacial score (nSPS) is 11.4. The van der Waals surface area contributed by atoms with Crippen LogP contribution in [0.25, 0.3) is 66.8 Å². The van der Waals surface area contributed by atoms with E-state index in [9.17, 15) is 0 Å². The molecule has 0 spiro atoms. The van der Waals surface area contributed by atoms with E-state index in [0.29, 0.717) is 0 Å². The van der Waals surface area contributed by atoms with E-state index in [4.69, 9.17) is 0 Å². The maximum atomic E-state index is 2.49. The first-order chi connectivity index (χ1) is 52.2. The van der Waals surface area contributed by atoms with Crippen molar-refractivity contribution in [2.24, 2.45) is 0 Å². The number of benzene rings is 17. The van der Waals surface area contributed by atoms with Crippen molar-refractivity contribution >= 4 is 86.5 Å². The zero-order chi connectivity index (χ0) is 70.5. The quantitative estimate of drug-likeness (QED) is 0.0593. The molecule has 498 valence electrons. The third-order valence-corrected chi connectivity index (χ3v) is 35.4. The van der Waals surface area contributed by atoms with E-state index < -0.39 is 24.2 Å². The highest BCUT2D eigenvalue weighted by atomic mass is 28.3. The minimum absolute atomic E-state index is 1.20. The van der Waals surface area contributed by atoms with Gasteiger partial charge in [0.25, 0.3) is 0 Å². The topological polar surface area (TPSA) is 0 Å². The number of rotatable bonds is 18. The lowest BCUT2D eigenvalue weighted by atomic mass is 9.74. The Kier molecular flexibility index (Phi) is 19.7. The lowest BCUT2D eigenvalue weighted by molar-refractivity contribution is 1.51. The third-order valence-electron chi connectivity index (χ3n) is 21.0. The van der Waals surface area contributed by atoms with Crippen molar-refractivity contribution in [1.82, 2.24) is 0 Å². The number of hydrogen-bond donors (Lipinski definition) is 0. The third kappa shape index (κ3) is 12.7. The second-order valence-electron chi connectivity index (χ2n) is 26.8. The summed E-state index contributed by atoms with van der Waals surface area (Å²) in [6.07, 6.45) is 0. The van der Waals surface area contributed by atoms with Crippen LogP contribution in [-0.4, -0.2) is 24.2 Å². The highest BCUT2D eigenvalue weighted by Crippen LogP contribution is 2.55. The van der Waals surface area contributed by atoms with Crippen LogP contribution in [0.3, 0.4) is 0 Å². The van der Waals surface area contributed by atoms with Crippen molar-refractivity contribution in [3.8, 4) is 66.8 Å². The second kappa shape index (κ2) is 30.9. The predicted octanol–water partition coefficient (Wildman–Crippen LogP) is 17.5. The van der Waals surface area contributed by atoms with Crippen molar-refractivity contribution in [2.45, 2.75) is 0 Å². The summed E-state index contributed by atoms with van der Waals surface area (Å²) in [5, 5.41) is 16.5. The molecule has 0 aliphatic carbocycles. The van der Waals surface area contributed by atoms with Crippen molar-refractivity contribution in [3.63, 3.8) is 0 Å². The van der Waals surface area contributed by atoms with E-state index in [1.807, 2.05) is 0 Å². The fourth-order valence-electron chi connectivity index (χ4n) is 16.6. The Morgan fingerprint density at radius 1 is 0.0857 bits per heavy atom. The van der Waals surface area contributed by atoms with Gasteiger partial charge in [-0.3, -0.25) is 0 Å². The molecule has 0 nitrogen and oxygen atoms in total. The van der Waals surface area contributed by atoms with Crippen molar-refractivity contribution in [2.75, 3.05) is 0 Å². The molecule has 0 heterocycles. The SMILES string of the molecule is c1ccc(-c2c(-c3ccccc3)c(-c3ccccc3)c(-c3ccccc3)c(-c3ccccc3)c2-c2ccccc2)cc1.c1ccc([Si](c2ccccc2)(c2ccccc2)c2ccc([Si](c3ccccc3)(c3ccccc3)c3ccc([Si](c4ccccc4)(c4ccccc4)c4ccccc4)cc3)cc2)cc1. The fourth-order valence-corrected chi connectivity index (χ4v) is 30.8. The van der Waals surface area contributed by atoms with Crippen LogP contribution < -0.4 is 62.2 Å². The van der Waals surface area contributed by atoms with E-state index >= 15 is 0 Å². The molecule has 0 atom stereocenters. The van der Waals surface area contributed by atoms with E-state index in [1.54, 1.807) is 0 Å². The van der Waals surface area contributed by atoms with Gasteiger partial charge in [-0.15, -0.1) is 0 Å². The van der Waals surface area contributed by atoms with Crippen LogP contribution in [0.5, 0.6) is 0 Å². The minimum atomic E-state index is -2.91. The standard InChI is InChI=1S/C60H48Si3.C42H30/c1-9-25-49(26-10-1)61(50-27-11-2-12-28-50,51-29-13-3-14-30-51)57-41-45-59(46-42-57)63(55-37-21-7-22-38-55,56-39-23-8-24-40-56)60-47-43-58(44-48-60)62(52-31-15-4-16-32-52,53-33-17-5-18-34-53)54-35-19-6-20-36-54;1-7-19-31(20-8-1)37-38(32-21-9-2-10-22-32)40(34-25-13-4-14-26-34)42(36-29-17-6-18-30-36)41(35-27-15-5-16-28-35)39(37)33-23-11-3-12-24-33/h1-48H;1-30H. The zero-order valence-corrected chi connectivity index (χ0v) is 61.5. The molecule has 105 heavy (non-hydrogen) atoms. The van der Waals surface area contributed by atoms with Gasteiger partial charge in [0, 0.05) is 0 Å². The molecule has 0 N–H and O–H groups in total. The van der Waals surface area contributed by atoms with E-state index in [1.165, 1.54) is 129 Å². The molecule has 17 aromatic rings. The first-order valence-electron chi connectivity index (χ1n) is 36.4.